The van der Waals surface area contributed by atoms with Crippen LogP contribution >= 0.6 is 0 Å². The molecule has 0 aliphatic heterocycles. The number of rotatable bonds is 4. The van der Waals surface area contributed by atoms with Gasteiger partial charge in [-0.3, -0.25) is 0 Å². The number of nitrogens with zero attached hydrogens (tertiary/aromatic N) is 2. The van der Waals surface area contributed by atoms with Gasteiger partial charge in [0.2, 0.25) is 0 Å². The van der Waals surface area contributed by atoms with Gasteiger partial charge in [-0.05, 0) is 36.8 Å². The van der Waals surface area contributed by atoms with Gasteiger partial charge in [0.1, 0.15) is 6.07 Å². The molecule has 0 amide bonds. The van der Waals surface area contributed by atoms with Crippen LogP contribution in [0.15, 0.2) is 48.5 Å². The van der Waals surface area contributed by atoms with Crippen molar-refractivity contribution in [2.45, 2.75) is 13.5 Å². The predicted octanol–water partition coefficient (Wildman–Crippen LogP) is 3.17. The maximum atomic E-state index is 9.31. The molecule has 3 nitrogen and oxygen atoms in total. The molecule has 0 spiro atoms. The fourth-order valence-corrected chi connectivity index (χ4v) is 2.14. The van der Waals surface area contributed by atoms with Crippen molar-refractivity contribution < 1.29 is 0 Å². The third kappa shape index (κ3) is 2.75. The van der Waals surface area contributed by atoms with E-state index in [-0.39, 0.29) is 0 Å². The molecule has 2 aromatic carbocycles. The largest absolute Gasteiger partial charge is 0.341 e. The molecular weight excluding hydrogens is 234 g/mol. The molecular formula is C16H17N3. The Kier molecular flexibility index (Phi) is 4.17. The lowest BCUT2D eigenvalue weighted by atomic mass is 10.1. The highest BCUT2D eigenvalue weighted by Crippen LogP contribution is 2.28. The number of anilines is 2. The predicted molar refractivity (Wildman–Crippen MR) is 78.2 cm³/mol. The summed E-state index contributed by atoms with van der Waals surface area (Å²) in [4.78, 5) is 2.12. The van der Waals surface area contributed by atoms with Crippen molar-refractivity contribution in [2.24, 2.45) is 5.73 Å². The van der Waals surface area contributed by atoms with Crippen LogP contribution in [0.1, 0.15) is 18.1 Å². The summed E-state index contributed by atoms with van der Waals surface area (Å²) in [5.74, 6) is 0. The van der Waals surface area contributed by atoms with E-state index in [1.54, 1.807) is 0 Å². The number of hydrogen-bond donors (Lipinski definition) is 1. The number of nitriles is 1. The molecule has 2 aromatic rings. The van der Waals surface area contributed by atoms with Crippen molar-refractivity contribution in [3.8, 4) is 6.07 Å². The number of para-hydroxylation sites is 1. The summed E-state index contributed by atoms with van der Waals surface area (Å²) in [7, 11) is 0. The van der Waals surface area contributed by atoms with Crippen LogP contribution in [0.25, 0.3) is 0 Å². The van der Waals surface area contributed by atoms with E-state index in [0.29, 0.717) is 12.1 Å². The van der Waals surface area contributed by atoms with Gasteiger partial charge >= 0.3 is 0 Å². The van der Waals surface area contributed by atoms with Gasteiger partial charge in [0.25, 0.3) is 0 Å². The van der Waals surface area contributed by atoms with E-state index in [2.05, 4.69) is 17.9 Å². The van der Waals surface area contributed by atoms with Crippen LogP contribution in [0.5, 0.6) is 0 Å². The van der Waals surface area contributed by atoms with Gasteiger partial charge in [-0.2, -0.15) is 5.26 Å². The average Bonchev–Trinajstić information content (AvgIpc) is 2.49. The van der Waals surface area contributed by atoms with E-state index in [1.807, 2.05) is 48.5 Å². The molecule has 0 aliphatic carbocycles. The maximum Gasteiger partial charge on any atom is 0.101 e. The fraction of sp³-hybridized carbons (Fsp3) is 0.188. The molecule has 96 valence electrons. The van der Waals surface area contributed by atoms with Crippen molar-refractivity contribution in [2.75, 3.05) is 11.4 Å². The summed E-state index contributed by atoms with van der Waals surface area (Å²) < 4.78 is 0. The fourth-order valence-electron chi connectivity index (χ4n) is 2.14. The van der Waals surface area contributed by atoms with Crippen LogP contribution in [0.4, 0.5) is 11.4 Å². The van der Waals surface area contributed by atoms with Crippen LogP contribution in [0, 0.1) is 11.3 Å². The van der Waals surface area contributed by atoms with Crippen LogP contribution in [-0.2, 0) is 6.54 Å². The number of nitrogens with two attached hydrogens (primary N) is 1. The zero-order valence-corrected chi connectivity index (χ0v) is 11.0. The first-order valence-electron chi connectivity index (χ1n) is 6.35. The normalized spacial score (nSPS) is 9.95. The van der Waals surface area contributed by atoms with Crippen molar-refractivity contribution in [1.29, 1.82) is 5.26 Å². The molecule has 3 heteroatoms. The second kappa shape index (κ2) is 6.03. The first-order valence-corrected chi connectivity index (χ1v) is 6.35. The van der Waals surface area contributed by atoms with E-state index >= 15 is 0 Å². The molecule has 0 bridgehead atoms. The molecule has 19 heavy (non-hydrogen) atoms. The third-order valence-electron chi connectivity index (χ3n) is 3.09. The SMILES string of the molecule is CCN(c1ccccc1)c1ccc(CN)cc1C#N. The summed E-state index contributed by atoms with van der Waals surface area (Å²) in [6.07, 6.45) is 0. The monoisotopic (exact) mass is 251 g/mol. The lowest BCUT2D eigenvalue weighted by Crippen LogP contribution is -2.17. The topological polar surface area (TPSA) is 53.0 Å². The van der Waals surface area contributed by atoms with E-state index in [9.17, 15) is 5.26 Å². The first-order chi connectivity index (χ1) is 9.30. The summed E-state index contributed by atoms with van der Waals surface area (Å²) in [6, 6.07) is 18.1. The molecule has 0 saturated carbocycles. The zero-order valence-electron chi connectivity index (χ0n) is 11.0. The highest BCUT2D eigenvalue weighted by Gasteiger charge is 2.11. The van der Waals surface area contributed by atoms with Gasteiger partial charge in [0.05, 0.1) is 11.3 Å². The molecule has 0 atom stereocenters. The van der Waals surface area contributed by atoms with E-state index in [1.165, 1.54) is 0 Å². The van der Waals surface area contributed by atoms with E-state index in [0.717, 1.165) is 23.5 Å². The second-order valence-electron chi connectivity index (χ2n) is 4.25. The average molecular weight is 251 g/mol. The minimum atomic E-state index is 0.451. The smallest absolute Gasteiger partial charge is 0.101 e. The molecule has 0 aliphatic rings. The van der Waals surface area contributed by atoms with E-state index < -0.39 is 0 Å². The highest BCUT2D eigenvalue weighted by molar-refractivity contribution is 5.69. The Morgan fingerprint density at radius 1 is 1.16 bits per heavy atom. The van der Waals surface area contributed by atoms with Crippen LogP contribution in [-0.4, -0.2) is 6.54 Å². The minimum Gasteiger partial charge on any atom is -0.341 e. The van der Waals surface area contributed by atoms with Crippen LogP contribution < -0.4 is 10.6 Å². The van der Waals surface area contributed by atoms with Gasteiger partial charge in [-0.15, -0.1) is 0 Å². The van der Waals surface area contributed by atoms with Gasteiger partial charge < -0.3 is 10.6 Å². The Bertz CT molecular complexity index is 585. The second-order valence-corrected chi connectivity index (χ2v) is 4.25. The summed E-state index contributed by atoms with van der Waals surface area (Å²) in [5, 5.41) is 9.31. The maximum absolute atomic E-state index is 9.31. The van der Waals surface area contributed by atoms with Crippen molar-refractivity contribution in [3.63, 3.8) is 0 Å². The Morgan fingerprint density at radius 3 is 2.47 bits per heavy atom. The molecule has 2 rings (SSSR count). The lowest BCUT2D eigenvalue weighted by Gasteiger charge is -2.24. The van der Waals surface area contributed by atoms with Gasteiger partial charge in [-0.25, -0.2) is 0 Å². The molecule has 2 N–H and O–H groups in total. The summed E-state index contributed by atoms with van der Waals surface area (Å²) in [5.41, 5.74) is 9.27. The number of hydrogen-bond acceptors (Lipinski definition) is 3. The Morgan fingerprint density at radius 2 is 1.89 bits per heavy atom. The summed E-state index contributed by atoms with van der Waals surface area (Å²) >= 11 is 0. The van der Waals surface area contributed by atoms with Crippen LogP contribution in [0.2, 0.25) is 0 Å². The molecule has 0 unspecified atom stereocenters. The lowest BCUT2D eigenvalue weighted by molar-refractivity contribution is 1.01. The summed E-state index contributed by atoms with van der Waals surface area (Å²) in [6.45, 7) is 3.33. The standard InChI is InChI=1S/C16H17N3/c1-2-19(15-6-4-3-5-7-15)16-9-8-13(11-17)10-14(16)12-18/h3-10H,2,11,17H2,1H3. The minimum absolute atomic E-state index is 0.451. The van der Waals surface area contributed by atoms with Gasteiger partial charge in [0.15, 0.2) is 0 Å². The Hall–Kier alpha value is -2.31. The van der Waals surface area contributed by atoms with Gasteiger partial charge in [-0.1, -0.05) is 24.3 Å². The van der Waals surface area contributed by atoms with Crippen LogP contribution in [0.3, 0.4) is 0 Å². The van der Waals surface area contributed by atoms with Crippen molar-refractivity contribution in [3.05, 3.63) is 59.7 Å². The van der Waals surface area contributed by atoms with Gasteiger partial charge in [0, 0.05) is 18.8 Å². The zero-order chi connectivity index (χ0) is 13.7. The Labute approximate surface area is 113 Å². The van der Waals surface area contributed by atoms with Crippen molar-refractivity contribution >= 4 is 11.4 Å². The quantitative estimate of drug-likeness (QED) is 0.908. The Balaban J connectivity index is 2.47. The third-order valence-corrected chi connectivity index (χ3v) is 3.09. The molecule has 0 saturated heterocycles. The highest BCUT2D eigenvalue weighted by atomic mass is 15.1. The molecule has 0 aromatic heterocycles. The number of benzene rings is 2. The van der Waals surface area contributed by atoms with E-state index in [4.69, 9.17) is 5.73 Å². The van der Waals surface area contributed by atoms with Crippen molar-refractivity contribution in [1.82, 2.24) is 0 Å². The first kappa shape index (κ1) is 13.1. The molecule has 0 heterocycles. The molecule has 0 fully saturated rings. The molecule has 0 radical (unpaired) electrons.